The number of nitrogens with one attached hydrogen (secondary N) is 1. The first-order valence-corrected chi connectivity index (χ1v) is 20.3. The van der Waals surface area contributed by atoms with E-state index in [0.29, 0.717) is 0 Å². The molecule has 1 aliphatic rings. The fourth-order valence-electron chi connectivity index (χ4n) is 8.69. The van der Waals surface area contributed by atoms with Crippen LogP contribution in [0.15, 0.2) is 219 Å². The molecule has 4 heteroatoms. The number of hydrogen-bond acceptors (Lipinski definition) is 4. The van der Waals surface area contributed by atoms with Gasteiger partial charge in [-0.05, 0) is 156 Å². The highest BCUT2D eigenvalue weighted by Gasteiger charge is 2.16. The van der Waals surface area contributed by atoms with Crippen LogP contribution in [0, 0.1) is 0 Å². The Morgan fingerprint density at radius 3 is 1.48 bits per heavy atom. The molecule has 0 amide bonds. The Morgan fingerprint density at radius 1 is 0.350 bits per heavy atom. The molecule has 1 unspecified atom stereocenters. The molecule has 0 bridgehead atoms. The van der Waals surface area contributed by atoms with Crippen LogP contribution in [0.3, 0.4) is 0 Å². The zero-order valence-electron chi connectivity index (χ0n) is 32.7. The standard InChI is InChI=1S/C56H38N4/c1-2-15-49-47(13-1)48-14-3-4-16-50(48)52-36-41(21-22-51(49)52)46-34-44(39-9-5-11-42(31-39)55-19-7-17-53(59-55)37-23-27-57-28-24-37)33-45(35-46)40-10-6-12-43(32-40)56-20-8-18-54(60-56)38-25-29-58-30-26-38/h1-36,53,59H. The van der Waals surface area contributed by atoms with Gasteiger partial charge in [0, 0.05) is 41.6 Å². The summed E-state index contributed by atoms with van der Waals surface area (Å²) < 4.78 is 0. The van der Waals surface area contributed by atoms with Crippen molar-refractivity contribution < 1.29 is 0 Å². The molecule has 0 fully saturated rings. The summed E-state index contributed by atoms with van der Waals surface area (Å²) in [6.45, 7) is 0. The van der Waals surface area contributed by atoms with Crippen molar-refractivity contribution in [1.82, 2.24) is 20.3 Å². The molecule has 0 radical (unpaired) electrons. The van der Waals surface area contributed by atoms with Crippen molar-refractivity contribution in [3.05, 3.63) is 230 Å². The molecule has 282 valence electrons. The first kappa shape index (κ1) is 35.2. The number of rotatable bonds is 7. The minimum absolute atomic E-state index is 0.0693. The maximum absolute atomic E-state index is 5.09. The second kappa shape index (κ2) is 15.1. The molecular weight excluding hydrogens is 729 g/mol. The summed E-state index contributed by atoms with van der Waals surface area (Å²) >= 11 is 0. The minimum Gasteiger partial charge on any atom is -0.374 e. The normalized spacial score (nSPS) is 13.7. The van der Waals surface area contributed by atoms with Gasteiger partial charge >= 0.3 is 0 Å². The highest BCUT2D eigenvalue weighted by Crippen LogP contribution is 2.40. The molecule has 11 rings (SSSR count). The Bertz CT molecular complexity index is 3260. The Balaban J connectivity index is 1.05. The van der Waals surface area contributed by atoms with Gasteiger partial charge in [-0.3, -0.25) is 9.97 Å². The third kappa shape index (κ3) is 6.60. The van der Waals surface area contributed by atoms with Gasteiger partial charge < -0.3 is 5.32 Å². The van der Waals surface area contributed by atoms with Crippen LogP contribution in [0.1, 0.15) is 17.2 Å². The molecule has 7 aromatic carbocycles. The Kier molecular flexibility index (Phi) is 8.86. The average Bonchev–Trinajstić information content (AvgIpc) is 3.34. The van der Waals surface area contributed by atoms with Gasteiger partial charge in [-0.15, -0.1) is 0 Å². The molecular formula is C56H38N4. The van der Waals surface area contributed by atoms with Crippen molar-refractivity contribution in [1.29, 1.82) is 0 Å². The fourth-order valence-corrected chi connectivity index (χ4v) is 8.69. The quantitative estimate of drug-likeness (QED) is 0.164. The molecule has 0 spiro atoms. The Hall–Kier alpha value is -7.95. The SMILES string of the molecule is C1=CC(c2ccncc2)NC(c2cccc(-c3cc(-c4cccc(-c5cccc(-c6ccncc6)n5)c4)cc(-c4ccc5c6ccccc6c6ccccc6c5c4)c3)c2)=C1. The molecule has 4 nitrogen and oxygen atoms in total. The fraction of sp³-hybridized carbons (Fsp3) is 0.0179. The van der Waals surface area contributed by atoms with Crippen LogP contribution in [-0.2, 0) is 0 Å². The molecule has 3 aromatic heterocycles. The zero-order chi connectivity index (χ0) is 39.8. The average molecular weight is 767 g/mol. The largest absolute Gasteiger partial charge is 0.374 e. The van der Waals surface area contributed by atoms with Crippen molar-refractivity contribution in [2.75, 3.05) is 0 Å². The topological polar surface area (TPSA) is 50.7 Å². The van der Waals surface area contributed by atoms with E-state index >= 15 is 0 Å². The van der Waals surface area contributed by atoms with Crippen LogP contribution in [0.5, 0.6) is 0 Å². The van der Waals surface area contributed by atoms with Crippen molar-refractivity contribution in [2.24, 2.45) is 0 Å². The number of hydrogen-bond donors (Lipinski definition) is 1. The van der Waals surface area contributed by atoms with Crippen molar-refractivity contribution in [3.63, 3.8) is 0 Å². The highest BCUT2D eigenvalue weighted by atomic mass is 14.9. The smallest absolute Gasteiger partial charge is 0.0710 e. The summed E-state index contributed by atoms with van der Waals surface area (Å²) in [5.74, 6) is 0. The first-order chi connectivity index (χ1) is 29.7. The Morgan fingerprint density at radius 2 is 0.833 bits per heavy atom. The molecule has 0 aliphatic carbocycles. The van der Waals surface area contributed by atoms with Gasteiger partial charge in [-0.25, -0.2) is 4.98 Å². The van der Waals surface area contributed by atoms with Gasteiger partial charge in [0.25, 0.3) is 0 Å². The van der Waals surface area contributed by atoms with Crippen LogP contribution in [0.2, 0.25) is 0 Å². The van der Waals surface area contributed by atoms with E-state index in [1.807, 2.05) is 36.9 Å². The number of dihydropyridines is 1. The lowest BCUT2D eigenvalue weighted by Gasteiger charge is -2.22. The van der Waals surface area contributed by atoms with E-state index in [-0.39, 0.29) is 6.04 Å². The van der Waals surface area contributed by atoms with Crippen molar-refractivity contribution in [3.8, 4) is 55.9 Å². The van der Waals surface area contributed by atoms with Crippen LogP contribution < -0.4 is 5.32 Å². The number of benzene rings is 7. The summed E-state index contributed by atoms with van der Waals surface area (Å²) in [6, 6.07) is 63.6. The lowest BCUT2D eigenvalue weighted by Crippen LogP contribution is -2.20. The third-order valence-electron chi connectivity index (χ3n) is 11.7. The molecule has 1 N–H and O–H groups in total. The van der Waals surface area contributed by atoms with Gasteiger partial charge in [0.15, 0.2) is 0 Å². The number of allylic oxidation sites excluding steroid dienone is 2. The molecule has 60 heavy (non-hydrogen) atoms. The van der Waals surface area contributed by atoms with Gasteiger partial charge in [0.1, 0.15) is 0 Å². The van der Waals surface area contributed by atoms with Crippen molar-refractivity contribution in [2.45, 2.75) is 6.04 Å². The van der Waals surface area contributed by atoms with E-state index in [0.717, 1.165) is 61.6 Å². The lowest BCUT2D eigenvalue weighted by atomic mass is 9.89. The van der Waals surface area contributed by atoms with E-state index in [1.165, 1.54) is 43.4 Å². The summed E-state index contributed by atoms with van der Waals surface area (Å²) in [6.07, 6.45) is 13.8. The predicted molar refractivity (Wildman–Crippen MR) is 249 cm³/mol. The molecule has 0 saturated heterocycles. The monoisotopic (exact) mass is 766 g/mol. The summed E-state index contributed by atoms with van der Waals surface area (Å²) in [5, 5.41) is 11.4. The molecule has 1 atom stereocenters. The Labute approximate surface area is 348 Å². The maximum atomic E-state index is 5.09. The van der Waals surface area contributed by atoms with E-state index in [1.54, 1.807) is 0 Å². The summed E-state index contributed by atoms with van der Waals surface area (Å²) in [5.41, 5.74) is 14.2. The van der Waals surface area contributed by atoms with E-state index in [4.69, 9.17) is 4.98 Å². The number of pyridine rings is 3. The molecule has 0 saturated carbocycles. The van der Waals surface area contributed by atoms with Crippen molar-refractivity contribution >= 4 is 38.0 Å². The summed E-state index contributed by atoms with van der Waals surface area (Å²) in [4.78, 5) is 13.5. The van der Waals surface area contributed by atoms with Crippen LogP contribution in [0.25, 0.3) is 93.9 Å². The van der Waals surface area contributed by atoms with Crippen LogP contribution in [-0.4, -0.2) is 15.0 Å². The van der Waals surface area contributed by atoms with E-state index in [2.05, 4.69) is 197 Å². The first-order valence-electron chi connectivity index (χ1n) is 20.3. The van der Waals surface area contributed by atoms with E-state index < -0.39 is 0 Å². The second-order valence-corrected chi connectivity index (χ2v) is 15.3. The van der Waals surface area contributed by atoms with Gasteiger partial charge in [0.05, 0.1) is 17.4 Å². The molecule has 10 aromatic rings. The van der Waals surface area contributed by atoms with Gasteiger partial charge in [0.2, 0.25) is 0 Å². The van der Waals surface area contributed by atoms with E-state index in [9.17, 15) is 0 Å². The van der Waals surface area contributed by atoms with Crippen LogP contribution in [0.4, 0.5) is 0 Å². The second-order valence-electron chi connectivity index (χ2n) is 15.3. The molecule has 4 heterocycles. The van der Waals surface area contributed by atoms with Crippen LogP contribution >= 0.6 is 0 Å². The minimum atomic E-state index is 0.0693. The number of aromatic nitrogens is 3. The van der Waals surface area contributed by atoms with Gasteiger partial charge in [-0.2, -0.15) is 0 Å². The maximum Gasteiger partial charge on any atom is 0.0710 e. The number of fused-ring (bicyclic) bond motifs is 6. The predicted octanol–water partition coefficient (Wildman–Crippen LogP) is 13.9. The highest BCUT2D eigenvalue weighted by molar-refractivity contribution is 6.25. The lowest BCUT2D eigenvalue weighted by molar-refractivity contribution is 0.762. The molecule has 1 aliphatic heterocycles. The summed E-state index contributed by atoms with van der Waals surface area (Å²) in [7, 11) is 0. The zero-order valence-corrected chi connectivity index (χ0v) is 32.7. The third-order valence-corrected chi connectivity index (χ3v) is 11.7. The number of nitrogens with zero attached hydrogens (tertiary/aromatic N) is 3. The van der Waals surface area contributed by atoms with Gasteiger partial charge in [-0.1, -0.05) is 115 Å².